The van der Waals surface area contributed by atoms with Crippen LogP contribution < -0.4 is 9.61 Å². The summed E-state index contributed by atoms with van der Waals surface area (Å²) in [6, 6.07) is 11.5. The summed E-state index contributed by atoms with van der Waals surface area (Å²) < 4.78 is 96.6. The maximum absolute atomic E-state index is 13.7. The molecule has 0 aliphatic carbocycles. The molecule has 6 nitrogen and oxygen atoms in total. The molecule has 0 saturated carbocycles. The molecular formula is C22H15F5N2O4S. The number of nitrogens with zero attached hydrogens (tertiary/aromatic N) is 1. The molecule has 0 bridgehead atoms. The van der Waals surface area contributed by atoms with Crippen LogP contribution in [0.3, 0.4) is 0 Å². The van der Waals surface area contributed by atoms with Crippen LogP contribution >= 0.6 is 0 Å². The molecule has 0 aromatic heterocycles. The first-order valence-corrected chi connectivity index (χ1v) is 10.8. The van der Waals surface area contributed by atoms with Crippen molar-refractivity contribution in [2.45, 2.75) is 17.5 Å². The van der Waals surface area contributed by atoms with E-state index in [4.69, 9.17) is 4.18 Å². The Morgan fingerprint density at radius 2 is 1.71 bits per heavy atom. The number of carbonyl (C=O) groups excluding carboxylic acids is 1. The van der Waals surface area contributed by atoms with Crippen molar-refractivity contribution < 1.29 is 39.3 Å². The zero-order valence-electron chi connectivity index (χ0n) is 17.0. The molecule has 0 radical (unpaired) electrons. The van der Waals surface area contributed by atoms with Crippen molar-refractivity contribution in [1.82, 2.24) is 5.43 Å². The number of amides is 1. The molecule has 12 heteroatoms. The van der Waals surface area contributed by atoms with Crippen LogP contribution in [-0.4, -0.2) is 20.5 Å². The van der Waals surface area contributed by atoms with Crippen LogP contribution in [-0.2, 0) is 27.5 Å². The highest BCUT2D eigenvalue weighted by molar-refractivity contribution is 7.87. The number of benzene rings is 3. The Balaban J connectivity index is 1.86. The van der Waals surface area contributed by atoms with Crippen molar-refractivity contribution in [3.05, 3.63) is 95.1 Å². The van der Waals surface area contributed by atoms with E-state index in [1.165, 1.54) is 24.3 Å². The number of halogens is 5. The third-order valence-corrected chi connectivity index (χ3v) is 5.63. The van der Waals surface area contributed by atoms with Gasteiger partial charge in [-0.05, 0) is 48.5 Å². The van der Waals surface area contributed by atoms with Crippen molar-refractivity contribution in [2.75, 3.05) is 0 Å². The third kappa shape index (κ3) is 6.38. The van der Waals surface area contributed by atoms with E-state index in [1.54, 1.807) is 6.07 Å². The van der Waals surface area contributed by atoms with Crippen LogP contribution in [0.2, 0.25) is 0 Å². The van der Waals surface area contributed by atoms with E-state index in [2.05, 4.69) is 5.10 Å². The Hall–Kier alpha value is -3.80. The van der Waals surface area contributed by atoms with Crippen LogP contribution in [0.1, 0.15) is 16.7 Å². The Bertz CT molecular complexity index is 1330. The first-order valence-electron chi connectivity index (χ1n) is 9.42. The zero-order valence-corrected chi connectivity index (χ0v) is 17.8. The first-order chi connectivity index (χ1) is 16.0. The second-order valence-corrected chi connectivity index (χ2v) is 8.32. The van der Waals surface area contributed by atoms with Gasteiger partial charge >= 0.3 is 16.3 Å². The lowest BCUT2D eigenvalue weighted by atomic mass is 10.1. The van der Waals surface area contributed by atoms with Crippen LogP contribution in [0.5, 0.6) is 5.75 Å². The van der Waals surface area contributed by atoms with Crippen molar-refractivity contribution >= 4 is 22.2 Å². The predicted molar refractivity (Wildman–Crippen MR) is 111 cm³/mol. The third-order valence-electron chi connectivity index (χ3n) is 4.31. The molecule has 3 rings (SSSR count). The number of hydrogen-bond donors (Lipinski definition) is 1. The minimum Gasteiger partial charge on any atom is -0.379 e. The highest BCUT2D eigenvalue weighted by atomic mass is 32.2. The van der Waals surface area contributed by atoms with Crippen LogP contribution in [0.15, 0.2) is 76.7 Å². The molecule has 3 aromatic rings. The van der Waals surface area contributed by atoms with Gasteiger partial charge in [-0.25, -0.2) is 14.2 Å². The summed E-state index contributed by atoms with van der Waals surface area (Å²) in [7, 11) is -4.58. The van der Waals surface area contributed by atoms with E-state index in [-0.39, 0.29) is 11.3 Å². The summed E-state index contributed by atoms with van der Waals surface area (Å²) in [5.41, 5.74) is -0.0255. The second kappa shape index (κ2) is 10.00. The lowest BCUT2D eigenvalue weighted by molar-refractivity contribution is -0.137. The lowest BCUT2D eigenvalue weighted by Crippen LogP contribution is -2.21. The largest absolute Gasteiger partial charge is 0.416 e. The fraction of sp³-hybridized carbons (Fsp3) is 0.0909. The highest BCUT2D eigenvalue weighted by Gasteiger charge is 2.32. The Morgan fingerprint density at radius 3 is 2.38 bits per heavy atom. The Morgan fingerprint density at radius 1 is 1.00 bits per heavy atom. The van der Waals surface area contributed by atoms with Gasteiger partial charge in [0.25, 0.3) is 0 Å². The molecule has 34 heavy (non-hydrogen) atoms. The zero-order chi connectivity index (χ0) is 24.9. The van der Waals surface area contributed by atoms with Crippen molar-refractivity contribution in [1.29, 1.82) is 0 Å². The smallest absolute Gasteiger partial charge is 0.379 e. The van der Waals surface area contributed by atoms with Gasteiger partial charge in [0.05, 0.1) is 18.2 Å². The topological polar surface area (TPSA) is 84.8 Å². The molecule has 178 valence electrons. The SMILES string of the molecule is O=C(Cc1cc(F)ccc1F)NN=Cc1cc(C(F)(F)F)ccc1S(=O)(=O)Oc1ccccc1. The molecule has 0 saturated heterocycles. The van der Waals surface area contributed by atoms with Crippen LogP contribution in [0.25, 0.3) is 0 Å². The van der Waals surface area contributed by atoms with Crippen molar-refractivity contribution in [3.8, 4) is 5.75 Å². The quantitative estimate of drug-likeness (QED) is 0.226. The second-order valence-electron chi connectivity index (χ2n) is 6.81. The molecule has 0 unspecified atom stereocenters. The van der Waals surface area contributed by atoms with Gasteiger partial charge in [-0.1, -0.05) is 18.2 Å². The van der Waals surface area contributed by atoms with E-state index in [9.17, 15) is 35.2 Å². The number of rotatable bonds is 7. The number of para-hydroxylation sites is 1. The Kier molecular flexibility index (Phi) is 7.30. The van der Waals surface area contributed by atoms with Gasteiger partial charge in [-0.3, -0.25) is 4.79 Å². The monoisotopic (exact) mass is 498 g/mol. The minimum absolute atomic E-state index is 0.0734. The number of hydrazone groups is 1. The van der Waals surface area contributed by atoms with E-state index in [0.29, 0.717) is 24.4 Å². The number of nitrogens with one attached hydrogen (secondary N) is 1. The average Bonchev–Trinajstić information content (AvgIpc) is 2.76. The van der Waals surface area contributed by atoms with Gasteiger partial charge in [-0.2, -0.15) is 26.7 Å². The van der Waals surface area contributed by atoms with Gasteiger partial charge in [0, 0.05) is 11.1 Å². The molecule has 0 atom stereocenters. The number of alkyl halides is 3. The molecule has 0 heterocycles. The number of hydrogen-bond acceptors (Lipinski definition) is 5. The van der Waals surface area contributed by atoms with E-state index >= 15 is 0 Å². The minimum atomic E-state index is -4.79. The molecule has 0 fully saturated rings. The van der Waals surface area contributed by atoms with E-state index < -0.39 is 56.3 Å². The standard InChI is InChI=1S/C22H15F5N2O4S/c23-17-7-8-19(24)14(11-17)12-21(30)29-28-13-15-10-16(22(25,26)27)6-9-20(15)34(31,32)33-18-4-2-1-3-5-18/h1-11,13H,12H2,(H,29,30). The van der Waals surface area contributed by atoms with Crippen molar-refractivity contribution in [3.63, 3.8) is 0 Å². The van der Waals surface area contributed by atoms with E-state index in [0.717, 1.165) is 18.2 Å². The summed E-state index contributed by atoms with van der Waals surface area (Å²) in [5, 5.41) is 3.47. The molecular weight excluding hydrogens is 483 g/mol. The summed E-state index contributed by atoms with van der Waals surface area (Å²) in [6.07, 6.45) is -4.73. The van der Waals surface area contributed by atoms with Crippen LogP contribution in [0.4, 0.5) is 22.0 Å². The molecule has 0 aliphatic heterocycles. The number of carbonyl (C=O) groups is 1. The molecule has 1 N–H and O–H groups in total. The van der Waals surface area contributed by atoms with Gasteiger partial charge < -0.3 is 4.18 Å². The summed E-state index contributed by atoms with van der Waals surface area (Å²) in [4.78, 5) is 11.3. The summed E-state index contributed by atoms with van der Waals surface area (Å²) in [5.74, 6) is -2.61. The van der Waals surface area contributed by atoms with E-state index in [1.807, 2.05) is 5.43 Å². The summed E-state index contributed by atoms with van der Waals surface area (Å²) in [6.45, 7) is 0. The predicted octanol–water partition coefficient (Wildman–Crippen LogP) is 4.44. The van der Waals surface area contributed by atoms with Crippen molar-refractivity contribution in [2.24, 2.45) is 5.10 Å². The van der Waals surface area contributed by atoms with Crippen LogP contribution in [0, 0.1) is 11.6 Å². The fourth-order valence-electron chi connectivity index (χ4n) is 2.77. The molecule has 3 aromatic carbocycles. The lowest BCUT2D eigenvalue weighted by Gasteiger charge is -2.12. The Labute approximate surface area is 190 Å². The van der Waals surface area contributed by atoms with Gasteiger partial charge in [0.15, 0.2) is 0 Å². The maximum atomic E-state index is 13.7. The van der Waals surface area contributed by atoms with Gasteiger partial charge in [-0.15, -0.1) is 0 Å². The molecule has 1 amide bonds. The molecule has 0 aliphatic rings. The fourth-order valence-corrected chi connectivity index (χ4v) is 3.86. The van der Waals surface area contributed by atoms with Gasteiger partial charge in [0.2, 0.25) is 5.91 Å². The molecule has 0 spiro atoms. The summed E-state index contributed by atoms with van der Waals surface area (Å²) >= 11 is 0. The normalized spacial score (nSPS) is 12.0. The highest BCUT2D eigenvalue weighted by Crippen LogP contribution is 2.32. The van der Waals surface area contributed by atoms with Gasteiger partial charge in [0.1, 0.15) is 22.3 Å². The average molecular weight is 498 g/mol. The first kappa shape index (κ1) is 24.8. The maximum Gasteiger partial charge on any atom is 0.416 e.